The number of ether oxygens (including phenoxy) is 1. The summed E-state index contributed by atoms with van der Waals surface area (Å²) in [6.07, 6.45) is 2.53. The van der Waals surface area contributed by atoms with Crippen LogP contribution in [-0.2, 0) is 17.8 Å². The second-order valence-electron chi connectivity index (χ2n) is 5.31. The molecule has 0 aromatic carbocycles. The van der Waals surface area contributed by atoms with Crippen molar-refractivity contribution in [3.63, 3.8) is 0 Å². The van der Waals surface area contributed by atoms with E-state index in [9.17, 15) is 0 Å². The number of nitrogens with zero attached hydrogens (tertiary/aromatic N) is 2. The van der Waals surface area contributed by atoms with Crippen LogP contribution in [0.3, 0.4) is 0 Å². The third-order valence-electron chi connectivity index (χ3n) is 3.65. The molecular formula is C14H25N3O2. The van der Waals surface area contributed by atoms with Gasteiger partial charge in [0.05, 0.1) is 18.3 Å². The van der Waals surface area contributed by atoms with Gasteiger partial charge in [0.15, 0.2) is 5.76 Å². The second kappa shape index (κ2) is 7.03. The lowest BCUT2D eigenvalue weighted by molar-refractivity contribution is 0.0783. The maximum Gasteiger partial charge on any atom is 0.151 e. The molecule has 0 radical (unpaired) electrons. The third-order valence-corrected chi connectivity index (χ3v) is 3.65. The Bertz CT molecular complexity index is 381. The van der Waals surface area contributed by atoms with Gasteiger partial charge < -0.3 is 14.6 Å². The second-order valence-corrected chi connectivity index (χ2v) is 5.31. The topological polar surface area (TPSA) is 50.5 Å². The Morgan fingerprint density at radius 3 is 3.05 bits per heavy atom. The molecule has 0 spiro atoms. The first-order valence-corrected chi connectivity index (χ1v) is 7.17. The molecule has 0 saturated carbocycles. The van der Waals surface area contributed by atoms with Crippen LogP contribution in [0.25, 0.3) is 0 Å². The molecular weight excluding hydrogens is 242 g/mol. The van der Waals surface area contributed by atoms with Crippen LogP contribution < -0.4 is 5.32 Å². The average molecular weight is 267 g/mol. The van der Waals surface area contributed by atoms with Crippen molar-refractivity contribution in [2.75, 3.05) is 20.2 Å². The molecule has 19 heavy (non-hydrogen) atoms. The number of likely N-dealkylation sites (N-methyl/N-ethyl adjacent to an activating group) is 1. The summed E-state index contributed by atoms with van der Waals surface area (Å²) in [5, 5.41) is 7.42. The normalized spacial score (nSPS) is 23.4. The zero-order valence-corrected chi connectivity index (χ0v) is 12.2. The quantitative estimate of drug-likeness (QED) is 0.763. The first-order valence-electron chi connectivity index (χ1n) is 7.17. The number of hydrogen-bond acceptors (Lipinski definition) is 5. The summed E-state index contributed by atoms with van der Waals surface area (Å²) in [4.78, 5) is 2.29. The van der Waals surface area contributed by atoms with Crippen LogP contribution in [0.15, 0.2) is 10.6 Å². The lowest BCUT2D eigenvalue weighted by Crippen LogP contribution is -2.36. The van der Waals surface area contributed by atoms with Crippen molar-refractivity contribution in [1.82, 2.24) is 15.4 Å². The van der Waals surface area contributed by atoms with Crippen LogP contribution in [0.1, 0.15) is 38.1 Å². The molecule has 2 heterocycles. The van der Waals surface area contributed by atoms with E-state index in [1.165, 1.54) is 0 Å². The molecule has 1 N–H and O–H groups in total. The van der Waals surface area contributed by atoms with Gasteiger partial charge >= 0.3 is 0 Å². The monoisotopic (exact) mass is 267 g/mol. The van der Waals surface area contributed by atoms with Gasteiger partial charge in [0.25, 0.3) is 0 Å². The molecule has 1 aliphatic rings. The third kappa shape index (κ3) is 4.03. The highest BCUT2D eigenvalue weighted by Gasteiger charge is 2.28. The molecule has 1 aromatic heterocycles. The standard InChI is InChI=1S/C14H25N3O2/c1-4-6-15-9-12-8-13(19-16-12)10-17(3)14-5-7-18-11(14)2/h8,11,14-15H,4-7,9-10H2,1-3H3. The van der Waals surface area contributed by atoms with Crippen molar-refractivity contribution in [3.8, 4) is 0 Å². The molecule has 5 nitrogen and oxygen atoms in total. The lowest BCUT2D eigenvalue weighted by Gasteiger charge is -2.25. The van der Waals surface area contributed by atoms with Gasteiger partial charge in [0.1, 0.15) is 0 Å². The predicted octanol–water partition coefficient (Wildman–Crippen LogP) is 1.78. The van der Waals surface area contributed by atoms with E-state index in [4.69, 9.17) is 9.26 Å². The summed E-state index contributed by atoms with van der Waals surface area (Å²) in [5.74, 6) is 0.926. The van der Waals surface area contributed by atoms with Gasteiger partial charge in [-0.3, -0.25) is 4.90 Å². The van der Waals surface area contributed by atoms with Crippen molar-refractivity contribution >= 4 is 0 Å². The predicted molar refractivity (Wildman–Crippen MR) is 73.8 cm³/mol. The van der Waals surface area contributed by atoms with Crippen LogP contribution >= 0.6 is 0 Å². The van der Waals surface area contributed by atoms with Crippen molar-refractivity contribution in [3.05, 3.63) is 17.5 Å². The van der Waals surface area contributed by atoms with E-state index < -0.39 is 0 Å². The van der Waals surface area contributed by atoms with E-state index in [-0.39, 0.29) is 0 Å². The Morgan fingerprint density at radius 1 is 1.53 bits per heavy atom. The first kappa shape index (κ1) is 14.5. The van der Waals surface area contributed by atoms with Gasteiger partial charge in [-0.15, -0.1) is 0 Å². The molecule has 5 heteroatoms. The van der Waals surface area contributed by atoms with Crippen molar-refractivity contribution in [1.29, 1.82) is 0 Å². The van der Waals surface area contributed by atoms with Crippen molar-refractivity contribution in [2.24, 2.45) is 0 Å². The number of nitrogens with one attached hydrogen (secondary N) is 1. The average Bonchev–Trinajstić information content (AvgIpc) is 2.99. The summed E-state index contributed by atoms with van der Waals surface area (Å²) in [5.41, 5.74) is 0.979. The number of aromatic nitrogens is 1. The maximum absolute atomic E-state index is 5.60. The van der Waals surface area contributed by atoms with Crippen LogP contribution in [0.5, 0.6) is 0 Å². The van der Waals surface area contributed by atoms with E-state index in [1.807, 2.05) is 6.07 Å². The minimum absolute atomic E-state index is 0.304. The molecule has 2 atom stereocenters. The number of rotatable bonds is 7. The SMILES string of the molecule is CCCNCc1cc(CN(C)C2CCOC2C)on1. The van der Waals surface area contributed by atoms with Crippen molar-refractivity contribution < 1.29 is 9.26 Å². The molecule has 108 valence electrons. The highest BCUT2D eigenvalue weighted by molar-refractivity contribution is 5.05. The molecule has 0 aliphatic carbocycles. The zero-order chi connectivity index (χ0) is 13.7. The summed E-state index contributed by atoms with van der Waals surface area (Å²) in [6.45, 7) is 7.73. The Balaban J connectivity index is 1.82. The van der Waals surface area contributed by atoms with Gasteiger partial charge in [-0.05, 0) is 33.4 Å². The van der Waals surface area contributed by atoms with Crippen LogP contribution in [0.4, 0.5) is 0 Å². The van der Waals surface area contributed by atoms with Crippen LogP contribution in [0, 0.1) is 0 Å². The molecule has 0 bridgehead atoms. The van der Waals surface area contributed by atoms with Gasteiger partial charge in [0, 0.05) is 25.3 Å². The van der Waals surface area contributed by atoms with E-state index in [0.29, 0.717) is 12.1 Å². The summed E-state index contributed by atoms with van der Waals surface area (Å²) in [6, 6.07) is 2.52. The van der Waals surface area contributed by atoms with E-state index in [2.05, 4.69) is 36.3 Å². The minimum atomic E-state index is 0.304. The van der Waals surface area contributed by atoms with Crippen LogP contribution in [0.2, 0.25) is 0 Å². The minimum Gasteiger partial charge on any atom is -0.377 e. The fraction of sp³-hybridized carbons (Fsp3) is 0.786. The lowest BCUT2D eigenvalue weighted by atomic mass is 10.1. The molecule has 1 saturated heterocycles. The van der Waals surface area contributed by atoms with E-state index in [1.54, 1.807) is 0 Å². The van der Waals surface area contributed by atoms with Gasteiger partial charge in [-0.25, -0.2) is 0 Å². The Labute approximate surface area is 115 Å². The number of hydrogen-bond donors (Lipinski definition) is 1. The summed E-state index contributed by atoms with van der Waals surface area (Å²) >= 11 is 0. The zero-order valence-electron chi connectivity index (χ0n) is 12.2. The summed E-state index contributed by atoms with van der Waals surface area (Å²) in [7, 11) is 2.12. The molecule has 2 rings (SSSR count). The molecule has 1 fully saturated rings. The Hall–Kier alpha value is -0.910. The van der Waals surface area contributed by atoms with Gasteiger partial charge in [-0.2, -0.15) is 0 Å². The van der Waals surface area contributed by atoms with E-state index >= 15 is 0 Å². The molecule has 2 unspecified atom stereocenters. The molecule has 1 aliphatic heterocycles. The highest BCUT2D eigenvalue weighted by Crippen LogP contribution is 2.20. The van der Waals surface area contributed by atoms with Crippen molar-refractivity contribution in [2.45, 2.75) is 51.9 Å². The van der Waals surface area contributed by atoms with Crippen LogP contribution in [-0.4, -0.2) is 42.4 Å². The molecule has 1 aromatic rings. The smallest absolute Gasteiger partial charge is 0.151 e. The van der Waals surface area contributed by atoms with Gasteiger partial charge in [0.2, 0.25) is 0 Å². The Morgan fingerprint density at radius 2 is 2.37 bits per heavy atom. The van der Waals surface area contributed by atoms with Gasteiger partial charge in [-0.1, -0.05) is 12.1 Å². The molecule has 0 amide bonds. The summed E-state index contributed by atoms with van der Waals surface area (Å²) < 4.78 is 11.0. The fourth-order valence-electron chi connectivity index (χ4n) is 2.57. The maximum atomic E-state index is 5.60. The largest absolute Gasteiger partial charge is 0.377 e. The fourth-order valence-corrected chi connectivity index (χ4v) is 2.57. The Kier molecular flexibility index (Phi) is 5.36. The highest BCUT2D eigenvalue weighted by atomic mass is 16.5. The first-order chi connectivity index (χ1) is 9.20. The van der Waals surface area contributed by atoms with E-state index in [0.717, 1.165) is 50.5 Å².